The van der Waals surface area contributed by atoms with Crippen molar-refractivity contribution in [2.24, 2.45) is 5.92 Å². The molecule has 1 unspecified atom stereocenters. The third kappa shape index (κ3) is 2.54. The minimum Gasteiger partial charge on any atom is -0.355 e. The molecule has 1 aliphatic rings. The Morgan fingerprint density at radius 2 is 2.31 bits per heavy atom. The van der Waals surface area contributed by atoms with E-state index in [0.717, 1.165) is 41.5 Å². The molecule has 1 saturated heterocycles. The number of aromatic nitrogens is 2. The van der Waals surface area contributed by atoms with Crippen LogP contribution in [0.15, 0.2) is 6.20 Å². The maximum Gasteiger partial charge on any atom is 0.150 e. The highest BCUT2D eigenvalue weighted by Crippen LogP contribution is 2.26. The highest BCUT2D eigenvalue weighted by molar-refractivity contribution is 9.09. The number of nitrogens with zero attached hydrogens (tertiary/aromatic N) is 3. The van der Waals surface area contributed by atoms with Crippen molar-refractivity contribution in [3.63, 3.8) is 0 Å². The summed E-state index contributed by atoms with van der Waals surface area (Å²) in [4.78, 5) is 11.4. The maximum atomic E-state index is 4.60. The van der Waals surface area contributed by atoms with Gasteiger partial charge < -0.3 is 4.90 Å². The predicted octanol–water partition coefficient (Wildman–Crippen LogP) is 2.70. The predicted molar refractivity (Wildman–Crippen MR) is 70.2 cm³/mol. The first kappa shape index (κ1) is 11.8. The summed E-state index contributed by atoms with van der Waals surface area (Å²) in [5.74, 6) is 1.89. The van der Waals surface area contributed by atoms with Gasteiger partial charge in [0.05, 0.1) is 11.4 Å². The highest BCUT2D eigenvalue weighted by Gasteiger charge is 2.24. The van der Waals surface area contributed by atoms with Crippen molar-refractivity contribution in [2.45, 2.75) is 26.7 Å². The van der Waals surface area contributed by atoms with E-state index in [9.17, 15) is 0 Å². The number of hydrogen-bond acceptors (Lipinski definition) is 3. The van der Waals surface area contributed by atoms with Crippen LogP contribution in [0.3, 0.4) is 0 Å². The second kappa shape index (κ2) is 5.13. The first-order chi connectivity index (χ1) is 7.70. The lowest BCUT2D eigenvalue weighted by molar-refractivity contribution is 0.575. The van der Waals surface area contributed by atoms with E-state index >= 15 is 0 Å². The number of anilines is 1. The Bertz CT molecular complexity index is 367. The van der Waals surface area contributed by atoms with Gasteiger partial charge in [0.2, 0.25) is 0 Å². The van der Waals surface area contributed by atoms with Crippen LogP contribution in [-0.4, -0.2) is 28.4 Å². The van der Waals surface area contributed by atoms with Crippen molar-refractivity contribution in [3.05, 3.63) is 17.6 Å². The quantitative estimate of drug-likeness (QED) is 0.799. The van der Waals surface area contributed by atoms with Crippen molar-refractivity contribution in [1.29, 1.82) is 0 Å². The summed E-state index contributed by atoms with van der Waals surface area (Å²) in [6.45, 7) is 6.29. The average Bonchev–Trinajstić information content (AvgIpc) is 2.71. The number of alkyl halides is 1. The molecule has 0 aliphatic carbocycles. The molecule has 2 rings (SSSR count). The molecular weight excluding hydrogens is 266 g/mol. The molecule has 88 valence electrons. The molecule has 1 fully saturated rings. The molecule has 0 aromatic carbocycles. The van der Waals surface area contributed by atoms with E-state index < -0.39 is 0 Å². The van der Waals surface area contributed by atoms with Gasteiger partial charge in [0.1, 0.15) is 5.82 Å². The van der Waals surface area contributed by atoms with Gasteiger partial charge in [0.25, 0.3) is 0 Å². The molecule has 3 nitrogen and oxygen atoms in total. The Morgan fingerprint density at radius 1 is 1.50 bits per heavy atom. The summed E-state index contributed by atoms with van der Waals surface area (Å²) in [5, 5.41) is 1.10. The largest absolute Gasteiger partial charge is 0.355 e. The van der Waals surface area contributed by atoms with Crippen LogP contribution < -0.4 is 4.90 Å². The van der Waals surface area contributed by atoms with E-state index in [4.69, 9.17) is 0 Å². The second-order valence-corrected chi connectivity index (χ2v) is 5.29. The lowest BCUT2D eigenvalue weighted by Gasteiger charge is -2.19. The molecule has 1 aromatic heterocycles. The lowest BCUT2D eigenvalue weighted by atomic mass is 10.1. The zero-order chi connectivity index (χ0) is 11.5. The van der Waals surface area contributed by atoms with Gasteiger partial charge in [-0.2, -0.15) is 0 Å². The number of aryl methyl sites for hydroxylation is 2. The third-order valence-corrected chi connectivity index (χ3v) is 3.61. The van der Waals surface area contributed by atoms with Gasteiger partial charge >= 0.3 is 0 Å². The van der Waals surface area contributed by atoms with E-state index in [1.165, 1.54) is 12.8 Å². The molecule has 0 N–H and O–H groups in total. The molecule has 0 amide bonds. The Kier molecular flexibility index (Phi) is 3.79. The van der Waals surface area contributed by atoms with Crippen LogP contribution in [0.4, 0.5) is 5.82 Å². The Labute approximate surface area is 105 Å². The molecule has 16 heavy (non-hydrogen) atoms. The smallest absolute Gasteiger partial charge is 0.150 e. The molecule has 2 heterocycles. The Hall–Kier alpha value is -0.640. The molecule has 1 aliphatic heterocycles. The lowest BCUT2D eigenvalue weighted by Crippen LogP contribution is -2.22. The fourth-order valence-corrected chi connectivity index (χ4v) is 2.89. The van der Waals surface area contributed by atoms with Crippen LogP contribution in [0, 0.1) is 19.8 Å². The van der Waals surface area contributed by atoms with Crippen LogP contribution in [-0.2, 0) is 0 Å². The van der Waals surface area contributed by atoms with Crippen molar-refractivity contribution in [3.8, 4) is 0 Å². The van der Waals surface area contributed by atoms with Gasteiger partial charge in [-0.15, -0.1) is 0 Å². The van der Waals surface area contributed by atoms with Crippen molar-refractivity contribution >= 4 is 21.7 Å². The fraction of sp³-hybridized carbons (Fsp3) is 0.667. The van der Waals surface area contributed by atoms with Gasteiger partial charge in [-0.1, -0.05) is 15.9 Å². The van der Waals surface area contributed by atoms with Gasteiger partial charge in [0, 0.05) is 24.6 Å². The van der Waals surface area contributed by atoms with Crippen molar-refractivity contribution < 1.29 is 0 Å². The van der Waals surface area contributed by atoms with E-state index in [2.05, 4.69) is 30.8 Å². The van der Waals surface area contributed by atoms with Crippen molar-refractivity contribution in [2.75, 3.05) is 23.3 Å². The minimum absolute atomic E-state index is 0.807. The fourth-order valence-electron chi connectivity index (χ4n) is 2.24. The second-order valence-electron chi connectivity index (χ2n) is 4.50. The molecule has 0 saturated carbocycles. The first-order valence-electron chi connectivity index (χ1n) is 5.82. The summed E-state index contributed by atoms with van der Waals surface area (Å²) < 4.78 is 0. The number of rotatable bonds is 3. The Balaban J connectivity index is 2.11. The molecule has 1 aromatic rings. The molecular formula is C12H18BrN3. The van der Waals surface area contributed by atoms with Gasteiger partial charge in [-0.3, -0.25) is 4.98 Å². The first-order valence-corrected chi connectivity index (χ1v) is 6.94. The average molecular weight is 284 g/mol. The standard InChI is InChI=1S/C12H18BrN3/c1-9-7-14-10(2)12(15-9)16-6-4-11(8-16)3-5-13/h7,11H,3-6,8H2,1-2H3. The monoisotopic (exact) mass is 283 g/mol. The third-order valence-electron chi connectivity index (χ3n) is 3.15. The summed E-state index contributed by atoms with van der Waals surface area (Å²) in [6, 6.07) is 0. The SMILES string of the molecule is Cc1cnc(C)c(N2CCC(CCBr)C2)n1. The zero-order valence-electron chi connectivity index (χ0n) is 9.91. The molecule has 4 heteroatoms. The van der Waals surface area contributed by atoms with Crippen LogP contribution >= 0.6 is 15.9 Å². The van der Waals surface area contributed by atoms with Gasteiger partial charge in [-0.05, 0) is 32.6 Å². The summed E-state index contributed by atoms with van der Waals surface area (Å²) >= 11 is 3.52. The van der Waals surface area contributed by atoms with Gasteiger partial charge in [0.15, 0.2) is 0 Å². The molecule has 1 atom stereocenters. The van der Waals surface area contributed by atoms with E-state index in [0.29, 0.717) is 0 Å². The van der Waals surface area contributed by atoms with Crippen LogP contribution in [0.25, 0.3) is 0 Å². The zero-order valence-corrected chi connectivity index (χ0v) is 11.5. The number of halogens is 1. The van der Waals surface area contributed by atoms with Gasteiger partial charge in [-0.25, -0.2) is 4.98 Å². The van der Waals surface area contributed by atoms with E-state index in [1.807, 2.05) is 20.0 Å². The van der Waals surface area contributed by atoms with Crippen LogP contribution in [0.5, 0.6) is 0 Å². The summed E-state index contributed by atoms with van der Waals surface area (Å²) in [6.07, 6.45) is 4.38. The normalized spacial score (nSPS) is 20.4. The summed E-state index contributed by atoms with van der Waals surface area (Å²) in [7, 11) is 0. The molecule has 0 radical (unpaired) electrons. The number of hydrogen-bond donors (Lipinski definition) is 0. The highest BCUT2D eigenvalue weighted by atomic mass is 79.9. The van der Waals surface area contributed by atoms with Crippen LogP contribution in [0.1, 0.15) is 24.2 Å². The van der Waals surface area contributed by atoms with E-state index in [-0.39, 0.29) is 0 Å². The summed E-state index contributed by atoms with van der Waals surface area (Å²) in [5.41, 5.74) is 2.05. The Morgan fingerprint density at radius 3 is 3.06 bits per heavy atom. The van der Waals surface area contributed by atoms with Crippen molar-refractivity contribution in [1.82, 2.24) is 9.97 Å². The minimum atomic E-state index is 0.807. The van der Waals surface area contributed by atoms with Crippen LogP contribution in [0.2, 0.25) is 0 Å². The topological polar surface area (TPSA) is 29.0 Å². The van der Waals surface area contributed by atoms with E-state index in [1.54, 1.807) is 0 Å². The maximum absolute atomic E-state index is 4.60. The molecule has 0 bridgehead atoms. The molecule has 0 spiro atoms.